The number of rotatable bonds is 5. The summed E-state index contributed by atoms with van der Waals surface area (Å²) in [6.07, 6.45) is 4.89. The van der Waals surface area contributed by atoms with Crippen LogP contribution in [0.4, 0.5) is 4.39 Å². The Morgan fingerprint density at radius 3 is 2.42 bits per heavy atom. The van der Waals surface area contributed by atoms with E-state index in [4.69, 9.17) is 5.11 Å². The summed E-state index contributed by atoms with van der Waals surface area (Å²) >= 11 is 0. The van der Waals surface area contributed by atoms with Gasteiger partial charge in [-0.15, -0.1) is 0 Å². The minimum atomic E-state index is -0.295. The van der Waals surface area contributed by atoms with Crippen LogP contribution in [-0.2, 0) is 0 Å². The molecule has 72 valence electrons. The van der Waals surface area contributed by atoms with Gasteiger partial charge >= 0.3 is 0 Å². The average molecular weight is 175 g/mol. The first-order valence-electron chi connectivity index (χ1n) is 4.79. The van der Waals surface area contributed by atoms with Crippen LogP contribution in [0.1, 0.15) is 25.7 Å². The molecule has 0 bridgehead atoms. The Hall–Kier alpha value is -0.150. The second-order valence-corrected chi connectivity index (χ2v) is 3.39. The van der Waals surface area contributed by atoms with Crippen LogP contribution in [0.2, 0.25) is 0 Å². The maximum absolute atomic E-state index is 12.1. The fourth-order valence-corrected chi connectivity index (χ4v) is 1.98. The number of aliphatic hydroxyl groups excluding tert-OH is 1. The molecule has 3 heteroatoms. The van der Waals surface area contributed by atoms with Gasteiger partial charge < -0.3 is 5.11 Å². The average Bonchev–Trinajstić information content (AvgIpc) is 2.56. The highest BCUT2D eigenvalue weighted by Gasteiger charge is 2.21. The van der Waals surface area contributed by atoms with Crippen molar-refractivity contribution >= 4 is 0 Å². The predicted molar refractivity (Wildman–Crippen MR) is 46.9 cm³/mol. The Bertz CT molecular complexity index is 109. The van der Waals surface area contributed by atoms with E-state index >= 15 is 0 Å². The second kappa shape index (κ2) is 5.49. The van der Waals surface area contributed by atoms with Crippen LogP contribution in [0, 0.1) is 0 Å². The fourth-order valence-electron chi connectivity index (χ4n) is 1.98. The maximum atomic E-state index is 12.1. The molecule has 0 saturated heterocycles. The molecule has 1 rings (SSSR count). The Morgan fingerprint density at radius 1 is 1.25 bits per heavy atom. The third-order valence-corrected chi connectivity index (χ3v) is 2.60. The van der Waals surface area contributed by atoms with E-state index in [1.807, 2.05) is 0 Å². The second-order valence-electron chi connectivity index (χ2n) is 3.39. The smallest absolute Gasteiger partial charge is 0.102 e. The zero-order valence-electron chi connectivity index (χ0n) is 7.51. The molecule has 2 nitrogen and oxygen atoms in total. The molecular formula is C9H18FNO. The van der Waals surface area contributed by atoms with E-state index in [1.165, 1.54) is 25.7 Å². The van der Waals surface area contributed by atoms with E-state index in [9.17, 15) is 4.39 Å². The van der Waals surface area contributed by atoms with E-state index in [1.54, 1.807) is 0 Å². The molecular weight excluding hydrogens is 157 g/mol. The van der Waals surface area contributed by atoms with Gasteiger partial charge in [-0.25, -0.2) is 4.39 Å². The highest BCUT2D eigenvalue weighted by molar-refractivity contribution is 4.76. The van der Waals surface area contributed by atoms with Gasteiger partial charge in [0.1, 0.15) is 6.67 Å². The Balaban J connectivity index is 2.29. The topological polar surface area (TPSA) is 23.5 Å². The largest absolute Gasteiger partial charge is 0.395 e. The van der Waals surface area contributed by atoms with Crippen molar-refractivity contribution < 1.29 is 9.50 Å². The molecule has 0 amide bonds. The predicted octanol–water partition coefficient (Wildman–Crippen LogP) is 1.19. The molecule has 1 saturated carbocycles. The van der Waals surface area contributed by atoms with Crippen molar-refractivity contribution in [2.24, 2.45) is 0 Å². The van der Waals surface area contributed by atoms with Crippen molar-refractivity contribution in [3.63, 3.8) is 0 Å². The number of hydrogen-bond donors (Lipinski definition) is 1. The molecule has 0 aromatic carbocycles. The summed E-state index contributed by atoms with van der Waals surface area (Å²) in [4.78, 5) is 2.08. The number of halogens is 1. The van der Waals surface area contributed by atoms with Crippen molar-refractivity contribution in [3.05, 3.63) is 0 Å². The minimum Gasteiger partial charge on any atom is -0.395 e. The van der Waals surface area contributed by atoms with Crippen molar-refractivity contribution in [3.8, 4) is 0 Å². The Labute approximate surface area is 73.4 Å². The summed E-state index contributed by atoms with van der Waals surface area (Å²) in [6, 6.07) is 0.535. The lowest BCUT2D eigenvalue weighted by Crippen LogP contribution is -2.37. The fraction of sp³-hybridized carbons (Fsp3) is 1.00. The molecule has 12 heavy (non-hydrogen) atoms. The summed E-state index contributed by atoms with van der Waals surface area (Å²) < 4.78 is 12.1. The van der Waals surface area contributed by atoms with Crippen molar-refractivity contribution in [2.45, 2.75) is 31.7 Å². The quantitative estimate of drug-likeness (QED) is 0.678. The first-order chi connectivity index (χ1) is 5.88. The van der Waals surface area contributed by atoms with Crippen molar-refractivity contribution in [1.82, 2.24) is 4.90 Å². The van der Waals surface area contributed by atoms with E-state index in [2.05, 4.69) is 4.90 Å². The van der Waals surface area contributed by atoms with Crippen LogP contribution in [0.25, 0.3) is 0 Å². The molecule has 1 aliphatic carbocycles. The van der Waals surface area contributed by atoms with Crippen LogP contribution in [0.3, 0.4) is 0 Å². The third kappa shape index (κ3) is 2.72. The minimum absolute atomic E-state index is 0.149. The summed E-state index contributed by atoms with van der Waals surface area (Å²) in [5, 5.41) is 8.76. The molecule has 0 radical (unpaired) electrons. The lowest BCUT2D eigenvalue weighted by Gasteiger charge is -2.26. The molecule has 0 atom stereocenters. The van der Waals surface area contributed by atoms with Gasteiger partial charge in [0.2, 0.25) is 0 Å². The molecule has 0 aliphatic heterocycles. The van der Waals surface area contributed by atoms with Crippen LogP contribution in [0.15, 0.2) is 0 Å². The summed E-state index contributed by atoms with van der Waals surface area (Å²) in [5.41, 5.74) is 0. The van der Waals surface area contributed by atoms with Gasteiger partial charge in [0.25, 0.3) is 0 Å². The summed E-state index contributed by atoms with van der Waals surface area (Å²) in [6.45, 7) is 0.979. The highest BCUT2D eigenvalue weighted by atomic mass is 19.1. The summed E-state index contributed by atoms with van der Waals surface area (Å²) in [7, 11) is 0. The van der Waals surface area contributed by atoms with Gasteiger partial charge in [0, 0.05) is 19.1 Å². The number of nitrogens with zero attached hydrogens (tertiary/aromatic N) is 1. The van der Waals surface area contributed by atoms with Gasteiger partial charge in [0.05, 0.1) is 6.61 Å². The van der Waals surface area contributed by atoms with Crippen LogP contribution < -0.4 is 0 Å². The lowest BCUT2D eigenvalue weighted by atomic mass is 10.2. The SMILES string of the molecule is OCCN(CCF)C1CCCC1. The Morgan fingerprint density at radius 2 is 1.92 bits per heavy atom. The van der Waals surface area contributed by atoms with E-state index in [-0.39, 0.29) is 13.3 Å². The van der Waals surface area contributed by atoms with Crippen LogP contribution >= 0.6 is 0 Å². The number of alkyl halides is 1. The molecule has 0 heterocycles. The van der Waals surface area contributed by atoms with Gasteiger partial charge in [-0.1, -0.05) is 12.8 Å². The summed E-state index contributed by atoms with van der Waals surface area (Å²) in [5.74, 6) is 0. The molecule has 0 aromatic rings. The lowest BCUT2D eigenvalue weighted by molar-refractivity contribution is 0.142. The molecule has 0 aromatic heterocycles. The zero-order chi connectivity index (χ0) is 8.81. The van der Waals surface area contributed by atoms with Gasteiger partial charge in [-0.3, -0.25) is 4.90 Å². The third-order valence-electron chi connectivity index (χ3n) is 2.60. The Kier molecular flexibility index (Phi) is 4.54. The standard InChI is InChI=1S/C9H18FNO/c10-5-6-11(7-8-12)9-3-1-2-4-9/h9,12H,1-8H2. The van der Waals surface area contributed by atoms with Crippen molar-refractivity contribution in [1.29, 1.82) is 0 Å². The number of hydrogen-bond acceptors (Lipinski definition) is 2. The zero-order valence-corrected chi connectivity index (χ0v) is 7.51. The van der Waals surface area contributed by atoms with E-state index in [0.29, 0.717) is 19.1 Å². The van der Waals surface area contributed by atoms with Crippen LogP contribution in [0.5, 0.6) is 0 Å². The molecule has 0 spiro atoms. The molecule has 1 aliphatic rings. The molecule has 1 fully saturated rings. The van der Waals surface area contributed by atoms with Crippen molar-refractivity contribution in [2.75, 3.05) is 26.4 Å². The maximum Gasteiger partial charge on any atom is 0.102 e. The van der Waals surface area contributed by atoms with Gasteiger partial charge in [0.15, 0.2) is 0 Å². The monoisotopic (exact) mass is 175 g/mol. The first-order valence-corrected chi connectivity index (χ1v) is 4.79. The first kappa shape index (κ1) is 9.93. The van der Waals surface area contributed by atoms with E-state index < -0.39 is 0 Å². The van der Waals surface area contributed by atoms with Gasteiger partial charge in [-0.2, -0.15) is 0 Å². The molecule has 1 N–H and O–H groups in total. The van der Waals surface area contributed by atoms with E-state index in [0.717, 1.165) is 0 Å². The highest BCUT2D eigenvalue weighted by Crippen LogP contribution is 2.22. The molecule has 0 unspecified atom stereocenters. The van der Waals surface area contributed by atoms with Crippen LogP contribution in [-0.4, -0.2) is 42.4 Å². The number of aliphatic hydroxyl groups is 1. The normalized spacial score (nSPS) is 19.2. The van der Waals surface area contributed by atoms with Gasteiger partial charge in [-0.05, 0) is 12.8 Å².